The van der Waals surface area contributed by atoms with Crippen LogP contribution in [-0.4, -0.2) is 40.1 Å². The van der Waals surface area contributed by atoms with Crippen LogP contribution in [0.25, 0.3) is 0 Å². The minimum Gasteiger partial charge on any atom is -0.496 e. The van der Waals surface area contributed by atoms with E-state index in [1.807, 2.05) is 0 Å². The van der Waals surface area contributed by atoms with Gasteiger partial charge >= 0.3 is 5.97 Å². The van der Waals surface area contributed by atoms with Crippen molar-refractivity contribution in [2.45, 2.75) is 50.0 Å². The Bertz CT molecular complexity index is 863. The molecular formula is C19H26N2O6S. The van der Waals surface area contributed by atoms with E-state index < -0.39 is 28.0 Å². The summed E-state index contributed by atoms with van der Waals surface area (Å²) < 4.78 is 33.2. The van der Waals surface area contributed by atoms with Crippen LogP contribution in [0.3, 0.4) is 0 Å². The number of amides is 1. The van der Waals surface area contributed by atoms with Gasteiger partial charge < -0.3 is 14.8 Å². The number of sulfonamides is 1. The molecule has 0 radical (unpaired) electrons. The molecule has 0 spiro atoms. The first-order valence-electron chi connectivity index (χ1n) is 9.10. The van der Waals surface area contributed by atoms with Crippen LogP contribution in [0.15, 0.2) is 34.7 Å². The number of hydrogen-bond donors (Lipinski definition) is 2. The summed E-state index contributed by atoms with van der Waals surface area (Å²) in [5.41, 5.74) is 1.21. The molecule has 28 heavy (non-hydrogen) atoms. The lowest BCUT2D eigenvalue weighted by Gasteiger charge is -2.16. The van der Waals surface area contributed by atoms with Crippen molar-refractivity contribution in [1.82, 2.24) is 5.32 Å². The molecule has 1 aliphatic carbocycles. The fourth-order valence-electron chi connectivity index (χ4n) is 2.92. The molecule has 3 N–H and O–H groups in total. The van der Waals surface area contributed by atoms with Gasteiger partial charge in [-0.3, -0.25) is 4.79 Å². The quantitative estimate of drug-likeness (QED) is 0.498. The van der Waals surface area contributed by atoms with Gasteiger partial charge in [-0.25, -0.2) is 18.4 Å². The zero-order valence-electron chi connectivity index (χ0n) is 16.1. The van der Waals surface area contributed by atoms with E-state index >= 15 is 0 Å². The number of benzene rings is 1. The normalized spacial score (nSPS) is 15.3. The number of carbonyl (C=O) groups is 2. The summed E-state index contributed by atoms with van der Waals surface area (Å²) >= 11 is 0. The lowest BCUT2D eigenvalue weighted by molar-refractivity contribution is -0.129. The summed E-state index contributed by atoms with van der Waals surface area (Å²) in [6, 6.07) is 3.59. The summed E-state index contributed by atoms with van der Waals surface area (Å²) in [4.78, 5) is 24.3. The number of hydrogen-bond acceptors (Lipinski definition) is 6. The summed E-state index contributed by atoms with van der Waals surface area (Å²) in [6.07, 6.45) is 6.46. The van der Waals surface area contributed by atoms with E-state index in [9.17, 15) is 18.0 Å². The first-order valence-corrected chi connectivity index (χ1v) is 10.6. The van der Waals surface area contributed by atoms with Gasteiger partial charge in [0.2, 0.25) is 10.0 Å². The van der Waals surface area contributed by atoms with Crippen LogP contribution >= 0.6 is 0 Å². The number of primary sulfonamides is 1. The lowest BCUT2D eigenvalue weighted by Crippen LogP contribution is -2.36. The number of nitrogens with one attached hydrogen (secondary N) is 1. The maximum Gasteiger partial charge on any atom is 0.342 e. The van der Waals surface area contributed by atoms with E-state index in [2.05, 4.69) is 11.4 Å². The van der Waals surface area contributed by atoms with Crippen LogP contribution in [0.2, 0.25) is 0 Å². The molecule has 0 bridgehead atoms. The largest absolute Gasteiger partial charge is 0.496 e. The van der Waals surface area contributed by atoms with Crippen molar-refractivity contribution in [3.05, 3.63) is 35.4 Å². The van der Waals surface area contributed by atoms with Gasteiger partial charge in [-0.1, -0.05) is 11.6 Å². The Morgan fingerprint density at radius 3 is 2.64 bits per heavy atom. The molecule has 1 aromatic rings. The van der Waals surface area contributed by atoms with Gasteiger partial charge in [0.15, 0.2) is 6.10 Å². The molecule has 1 amide bonds. The monoisotopic (exact) mass is 410 g/mol. The maximum absolute atomic E-state index is 12.4. The molecule has 0 heterocycles. The summed E-state index contributed by atoms with van der Waals surface area (Å²) in [5, 5.41) is 7.84. The van der Waals surface area contributed by atoms with Crippen LogP contribution in [-0.2, 0) is 19.6 Å². The molecule has 8 nitrogen and oxygen atoms in total. The van der Waals surface area contributed by atoms with Crippen molar-refractivity contribution >= 4 is 21.9 Å². The van der Waals surface area contributed by atoms with Gasteiger partial charge in [0.25, 0.3) is 5.91 Å². The van der Waals surface area contributed by atoms with E-state index in [-0.39, 0.29) is 16.2 Å². The molecule has 2 rings (SSSR count). The number of esters is 1. The minimum atomic E-state index is -4.00. The predicted octanol–water partition coefficient (Wildman–Crippen LogP) is 1.89. The topological polar surface area (TPSA) is 125 Å². The number of methoxy groups -OCH3 is 1. The van der Waals surface area contributed by atoms with E-state index in [0.717, 1.165) is 25.3 Å². The van der Waals surface area contributed by atoms with Gasteiger partial charge in [-0.2, -0.15) is 0 Å². The van der Waals surface area contributed by atoms with Crippen molar-refractivity contribution in [3.8, 4) is 5.75 Å². The molecule has 154 valence electrons. The Hall–Kier alpha value is -2.39. The molecule has 1 aliphatic rings. The summed E-state index contributed by atoms with van der Waals surface area (Å²) in [5.74, 6) is -1.18. The van der Waals surface area contributed by atoms with E-state index in [1.54, 1.807) is 0 Å². The van der Waals surface area contributed by atoms with Crippen LogP contribution in [0, 0.1) is 0 Å². The molecule has 9 heteroatoms. The predicted molar refractivity (Wildman–Crippen MR) is 103 cm³/mol. The third-order valence-corrected chi connectivity index (χ3v) is 5.41. The summed E-state index contributed by atoms with van der Waals surface area (Å²) in [7, 11) is -2.67. The number of rotatable bonds is 8. The van der Waals surface area contributed by atoms with Crippen molar-refractivity contribution < 1.29 is 27.5 Å². The second kappa shape index (κ2) is 9.70. The van der Waals surface area contributed by atoms with Gasteiger partial charge in [0.05, 0.1) is 12.0 Å². The second-order valence-electron chi connectivity index (χ2n) is 6.60. The molecule has 0 fully saturated rings. The number of carbonyl (C=O) groups excluding carboxylic acids is 2. The Kier molecular flexibility index (Phi) is 7.59. The standard InChI is InChI=1S/C19H26N2O6S/c1-13(18(22)21-11-10-14-6-4-3-5-7-14)27-19(23)16-12-15(28(20,24)25)8-9-17(16)26-2/h6,8-9,12-13H,3-5,7,10-11H2,1-2H3,(H,21,22)(H2,20,24,25)/t13-/m0/s1. The van der Waals surface area contributed by atoms with Crippen molar-refractivity contribution in [2.24, 2.45) is 5.14 Å². The van der Waals surface area contributed by atoms with Crippen LogP contribution < -0.4 is 15.2 Å². The minimum absolute atomic E-state index is 0.120. The lowest BCUT2D eigenvalue weighted by atomic mass is 9.97. The van der Waals surface area contributed by atoms with Gasteiger partial charge in [-0.05, 0) is 57.2 Å². The SMILES string of the molecule is COc1ccc(S(N)(=O)=O)cc1C(=O)O[C@@H](C)C(=O)NCCC1=CCCCC1. The molecule has 1 atom stereocenters. The maximum atomic E-state index is 12.4. The smallest absolute Gasteiger partial charge is 0.342 e. The van der Waals surface area contributed by atoms with Gasteiger partial charge in [0.1, 0.15) is 11.3 Å². The van der Waals surface area contributed by atoms with Crippen LogP contribution in [0.1, 0.15) is 49.4 Å². The highest BCUT2D eigenvalue weighted by molar-refractivity contribution is 7.89. The van der Waals surface area contributed by atoms with E-state index in [1.165, 1.54) is 44.6 Å². The highest BCUT2D eigenvalue weighted by Gasteiger charge is 2.23. The van der Waals surface area contributed by atoms with E-state index in [0.29, 0.717) is 6.54 Å². The molecular weight excluding hydrogens is 384 g/mol. The van der Waals surface area contributed by atoms with Gasteiger partial charge in [-0.15, -0.1) is 0 Å². The Balaban J connectivity index is 1.97. The first kappa shape index (κ1) is 21.9. The fourth-order valence-corrected chi connectivity index (χ4v) is 3.46. The highest BCUT2D eigenvalue weighted by Crippen LogP contribution is 2.23. The van der Waals surface area contributed by atoms with Gasteiger partial charge in [0, 0.05) is 6.54 Å². The van der Waals surface area contributed by atoms with Crippen molar-refractivity contribution in [3.63, 3.8) is 0 Å². The second-order valence-corrected chi connectivity index (χ2v) is 8.17. The summed E-state index contributed by atoms with van der Waals surface area (Å²) in [6.45, 7) is 1.92. The molecule has 1 aromatic carbocycles. The zero-order chi connectivity index (χ0) is 20.7. The van der Waals surface area contributed by atoms with Crippen LogP contribution in [0.5, 0.6) is 5.75 Å². The third kappa shape index (κ3) is 6.07. The molecule has 0 unspecified atom stereocenters. The molecule has 0 saturated carbocycles. The number of nitrogens with two attached hydrogens (primary N) is 1. The average Bonchev–Trinajstić information content (AvgIpc) is 2.67. The zero-order valence-corrected chi connectivity index (χ0v) is 16.9. The Labute approximate surface area is 165 Å². The number of allylic oxidation sites excluding steroid dienone is 1. The average molecular weight is 410 g/mol. The first-order chi connectivity index (χ1) is 13.2. The molecule has 0 aromatic heterocycles. The molecule has 0 saturated heterocycles. The number of ether oxygens (including phenoxy) is 2. The Morgan fingerprint density at radius 2 is 2.04 bits per heavy atom. The highest BCUT2D eigenvalue weighted by atomic mass is 32.2. The van der Waals surface area contributed by atoms with Crippen LogP contribution in [0.4, 0.5) is 0 Å². The van der Waals surface area contributed by atoms with E-state index in [4.69, 9.17) is 14.6 Å². The third-order valence-electron chi connectivity index (χ3n) is 4.50. The molecule has 0 aliphatic heterocycles. The fraction of sp³-hybridized carbons (Fsp3) is 0.474. The van der Waals surface area contributed by atoms with Crippen molar-refractivity contribution in [1.29, 1.82) is 0 Å². The Morgan fingerprint density at radius 1 is 1.29 bits per heavy atom. The van der Waals surface area contributed by atoms with Crippen molar-refractivity contribution in [2.75, 3.05) is 13.7 Å².